The van der Waals surface area contributed by atoms with E-state index in [4.69, 9.17) is 5.73 Å². The van der Waals surface area contributed by atoms with E-state index in [-0.39, 0.29) is 0 Å². The Morgan fingerprint density at radius 1 is 1.11 bits per heavy atom. The van der Waals surface area contributed by atoms with Crippen LogP contribution in [-0.4, -0.2) is 4.98 Å². The van der Waals surface area contributed by atoms with E-state index < -0.39 is 0 Å². The molecule has 1 heterocycles. The van der Waals surface area contributed by atoms with Gasteiger partial charge in [-0.05, 0) is 42.5 Å². The van der Waals surface area contributed by atoms with E-state index in [9.17, 15) is 0 Å². The molecule has 0 amide bonds. The van der Waals surface area contributed by atoms with Gasteiger partial charge < -0.3 is 5.73 Å². The number of benzene rings is 1. The molecule has 2 aromatic rings. The smallest absolute Gasteiger partial charge is 0.0936 e. The Labute approximate surface area is 114 Å². The van der Waals surface area contributed by atoms with Crippen molar-refractivity contribution in [3.05, 3.63) is 65.0 Å². The topological polar surface area (TPSA) is 38.9 Å². The normalized spacial score (nSPS) is 14.4. The number of nitrogens with zero attached hydrogens (tertiary/aromatic N) is 1. The van der Waals surface area contributed by atoms with Gasteiger partial charge in [-0.2, -0.15) is 0 Å². The van der Waals surface area contributed by atoms with Gasteiger partial charge >= 0.3 is 0 Å². The van der Waals surface area contributed by atoms with E-state index in [2.05, 4.69) is 36.2 Å². The number of nitrogens with two attached hydrogens (primary N) is 1. The number of nitrogen functional groups attached to an aromatic ring is 1. The summed E-state index contributed by atoms with van der Waals surface area (Å²) in [5.74, 6) is 0. The fourth-order valence-electron chi connectivity index (χ4n) is 2.86. The zero-order chi connectivity index (χ0) is 13.2. The molecule has 1 aromatic carbocycles. The highest BCUT2D eigenvalue weighted by molar-refractivity contribution is 5.87. The van der Waals surface area contributed by atoms with Crippen LogP contribution < -0.4 is 5.73 Å². The average Bonchev–Trinajstić information content (AvgIpc) is 2.47. The van der Waals surface area contributed by atoms with Crippen LogP contribution in [0.2, 0.25) is 0 Å². The number of fused-ring (bicyclic) bond motifs is 1. The first kappa shape index (κ1) is 12.0. The molecule has 0 fully saturated rings. The monoisotopic (exact) mass is 250 g/mol. The van der Waals surface area contributed by atoms with Crippen molar-refractivity contribution in [3.8, 4) is 0 Å². The summed E-state index contributed by atoms with van der Waals surface area (Å²) in [6, 6.07) is 12.4. The summed E-state index contributed by atoms with van der Waals surface area (Å²) in [7, 11) is 0. The van der Waals surface area contributed by atoms with E-state index in [0.29, 0.717) is 0 Å². The van der Waals surface area contributed by atoms with Gasteiger partial charge in [0.2, 0.25) is 0 Å². The first-order valence-corrected chi connectivity index (χ1v) is 6.82. The minimum atomic E-state index is 0.764. The molecule has 3 rings (SSSR count). The van der Waals surface area contributed by atoms with Gasteiger partial charge in [-0.25, -0.2) is 0 Å². The maximum Gasteiger partial charge on any atom is 0.0936 e. The van der Waals surface area contributed by atoms with Crippen molar-refractivity contribution in [1.82, 2.24) is 4.98 Å². The van der Waals surface area contributed by atoms with Gasteiger partial charge in [-0.3, -0.25) is 4.98 Å². The Morgan fingerprint density at radius 2 is 1.95 bits per heavy atom. The van der Waals surface area contributed by atoms with E-state index in [0.717, 1.165) is 30.6 Å². The summed E-state index contributed by atoms with van der Waals surface area (Å²) >= 11 is 0. The number of aryl methyl sites for hydroxylation is 1. The summed E-state index contributed by atoms with van der Waals surface area (Å²) in [4.78, 5) is 4.52. The highest BCUT2D eigenvalue weighted by Crippen LogP contribution is 2.38. The summed E-state index contributed by atoms with van der Waals surface area (Å²) in [6.07, 6.45) is 5.11. The second-order valence-electron chi connectivity index (χ2n) is 4.93. The third kappa shape index (κ3) is 2.03. The maximum absolute atomic E-state index is 6.13. The fourth-order valence-corrected chi connectivity index (χ4v) is 2.86. The zero-order valence-electron chi connectivity index (χ0n) is 11.2. The number of pyridine rings is 1. The van der Waals surface area contributed by atoms with Crippen LogP contribution in [0.5, 0.6) is 0 Å². The quantitative estimate of drug-likeness (QED) is 0.880. The number of anilines is 1. The third-order valence-corrected chi connectivity index (χ3v) is 3.84. The number of allylic oxidation sites excluding steroid dienone is 1. The molecule has 19 heavy (non-hydrogen) atoms. The lowest BCUT2D eigenvalue weighted by molar-refractivity contribution is 0.865. The van der Waals surface area contributed by atoms with Crippen LogP contribution in [0, 0.1) is 0 Å². The molecule has 0 atom stereocenters. The summed E-state index contributed by atoms with van der Waals surface area (Å²) in [5.41, 5.74) is 13.2. The summed E-state index contributed by atoms with van der Waals surface area (Å²) in [5, 5.41) is 0. The minimum Gasteiger partial charge on any atom is -0.397 e. The van der Waals surface area contributed by atoms with Crippen molar-refractivity contribution in [1.29, 1.82) is 0 Å². The van der Waals surface area contributed by atoms with Gasteiger partial charge in [-0.15, -0.1) is 0 Å². The highest BCUT2D eigenvalue weighted by atomic mass is 14.7. The Balaban J connectivity index is 2.26. The van der Waals surface area contributed by atoms with Gasteiger partial charge in [-0.1, -0.05) is 36.8 Å². The molecule has 1 aromatic heterocycles. The molecule has 0 unspecified atom stereocenters. The van der Waals surface area contributed by atoms with Gasteiger partial charge in [0.05, 0.1) is 11.4 Å². The Kier molecular flexibility index (Phi) is 3.08. The van der Waals surface area contributed by atoms with Gasteiger partial charge in [0.25, 0.3) is 0 Å². The molecule has 96 valence electrons. The number of hydrogen-bond donors (Lipinski definition) is 1. The molecule has 0 aliphatic heterocycles. The average molecular weight is 250 g/mol. The molecular formula is C17H18N2. The van der Waals surface area contributed by atoms with Crippen LogP contribution in [0.3, 0.4) is 0 Å². The van der Waals surface area contributed by atoms with Crippen LogP contribution in [0.4, 0.5) is 5.69 Å². The number of hydrogen-bond acceptors (Lipinski definition) is 2. The molecule has 2 heteroatoms. The predicted molar refractivity (Wildman–Crippen MR) is 79.7 cm³/mol. The summed E-state index contributed by atoms with van der Waals surface area (Å²) in [6.45, 7) is 2.21. The van der Waals surface area contributed by atoms with Crippen LogP contribution in [0.25, 0.3) is 5.57 Å². The van der Waals surface area contributed by atoms with Crippen molar-refractivity contribution in [3.63, 3.8) is 0 Å². The van der Waals surface area contributed by atoms with Crippen molar-refractivity contribution in [2.45, 2.75) is 26.2 Å². The van der Waals surface area contributed by atoms with Gasteiger partial charge in [0, 0.05) is 11.8 Å². The number of rotatable bonds is 2. The minimum absolute atomic E-state index is 0.764. The van der Waals surface area contributed by atoms with Crippen LogP contribution in [-0.2, 0) is 6.42 Å². The molecule has 1 aliphatic rings. The second kappa shape index (κ2) is 4.88. The summed E-state index contributed by atoms with van der Waals surface area (Å²) < 4.78 is 0. The zero-order valence-corrected chi connectivity index (χ0v) is 11.2. The fraction of sp³-hybridized carbons (Fsp3) is 0.235. The van der Waals surface area contributed by atoms with E-state index >= 15 is 0 Å². The lowest BCUT2D eigenvalue weighted by Crippen LogP contribution is -2.08. The van der Waals surface area contributed by atoms with E-state index in [1.165, 1.54) is 22.3 Å². The van der Waals surface area contributed by atoms with Crippen molar-refractivity contribution >= 4 is 11.3 Å². The lowest BCUT2D eigenvalue weighted by Gasteiger charge is -2.23. The molecule has 0 saturated carbocycles. The van der Waals surface area contributed by atoms with Crippen molar-refractivity contribution < 1.29 is 0 Å². The van der Waals surface area contributed by atoms with Gasteiger partial charge in [0.1, 0.15) is 0 Å². The maximum atomic E-state index is 6.13. The molecule has 2 N–H and O–H groups in total. The molecule has 2 nitrogen and oxygen atoms in total. The Morgan fingerprint density at radius 3 is 2.74 bits per heavy atom. The molecule has 0 spiro atoms. The molecule has 1 aliphatic carbocycles. The van der Waals surface area contributed by atoms with Crippen LogP contribution in [0.1, 0.15) is 36.6 Å². The highest BCUT2D eigenvalue weighted by Gasteiger charge is 2.21. The van der Waals surface area contributed by atoms with Crippen LogP contribution in [0.15, 0.2) is 48.2 Å². The number of aromatic nitrogens is 1. The third-order valence-electron chi connectivity index (χ3n) is 3.84. The SMILES string of the molecule is CCC1=C(c2ncccc2N)c2ccccc2CC1. The largest absolute Gasteiger partial charge is 0.397 e. The standard InChI is InChI=1S/C17H18N2/c1-2-12-9-10-13-6-3-4-7-14(13)16(12)17-15(18)8-5-11-19-17/h3-8,11H,2,9-10,18H2,1H3. The first-order chi connectivity index (χ1) is 9.31. The first-order valence-electron chi connectivity index (χ1n) is 6.82. The second-order valence-corrected chi connectivity index (χ2v) is 4.93. The van der Waals surface area contributed by atoms with Crippen LogP contribution >= 0.6 is 0 Å². The predicted octanol–water partition coefficient (Wildman–Crippen LogP) is 3.82. The van der Waals surface area contributed by atoms with Crippen molar-refractivity contribution in [2.75, 3.05) is 5.73 Å². The molecule has 0 saturated heterocycles. The Hall–Kier alpha value is -2.09. The van der Waals surface area contributed by atoms with E-state index in [1.807, 2.05) is 18.3 Å². The molecule has 0 radical (unpaired) electrons. The van der Waals surface area contributed by atoms with Crippen molar-refractivity contribution in [2.24, 2.45) is 0 Å². The Bertz CT molecular complexity index is 641. The molecule has 0 bridgehead atoms. The lowest BCUT2D eigenvalue weighted by atomic mass is 9.82. The molecular weight excluding hydrogens is 232 g/mol. The van der Waals surface area contributed by atoms with Gasteiger partial charge in [0.15, 0.2) is 0 Å². The van der Waals surface area contributed by atoms with E-state index in [1.54, 1.807) is 0 Å².